The molecule has 28 heavy (non-hydrogen) atoms. The molecule has 3 aromatic rings. The molecule has 1 aromatic heterocycles. The number of nitrogens with zero attached hydrogens (tertiary/aromatic N) is 1. The Labute approximate surface area is 165 Å². The van der Waals surface area contributed by atoms with Gasteiger partial charge in [0.15, 0.2) is 0 Å². The molecule has 1 saturated carbocycles. The first kappa shape index (κ1) is 18.7. The first-order valence-corrected chi connectivity index (χ1v) is 11.2. The quantitative estimate of drug-likeness (QED) is 0.639. The van der Waals surface area contributed by atoms with E-state index in [0.717, 1.165) is 36.8 Å². The van der Waals surface area contributed by atoms with Crippen LogP contribution in [-0.2, 0) is 9.84 Å². The van der Waals surface area contributed by atoms with Crippen molar-refractivity contribution in [3.05, 3.63) is 60.2 Å². The third kappa shape index (κ3) is 3.83. The predicted molar refractivity (Wildman–Crippen MR) is 109 cm³/mol. The van der Waals surface area contributed by atoms with Crippen LogP contribution in [0.4, 0.5) is 5.88 Å². The Balaban J connectivity index is 1.77. The van der Waals surface area contributed by atoms with Crippen LogP contribution in [0.1, 0.15) is 37.7 Å². The number of rotatable bonds is 5. The van der Waals surface area contributed by atoms with E-state index in [4.69, 9.17) is 4.42 Å². The zero-order valence-corrected chi connectivity index (χ0v) is 16.7. The van der Waals surface area contributed by atoms with E-state index in [-0.39, 0.29) is 21.8 Å². The first-order chi connectivity index (χ1) is 13.5. The van der Waals surface area contributed by atoms with Crippen LogP contribution in [0.3, 0.4) is 0 Å². The van der Waals surface area contributed by atoms with E-state index < -0.39 is 9.84 Å². The molecule has 0 radical (unpaired) electrons. The lowest BCUT2D eigenvalue weighted by molar-refractivity contribution is 0.450. The Hall–Kier alpha value is -2.60. The summed E-state index contributed by atoms with van der Waals surface area (Å²) in [5.41, 5.74) is 1.75. The van der Waals surface area contributed by atoms with Gasteiger partial charge in [0, 0.05) is 11.6 Å². The Morgan fingerprint density at radius 3 is 2.32 bits per heavy atom. The minimum atomic E-state index is -3.79. The van der Waals surface area contributed by atoms with E-state index >= 15 is 0 Å². The Morgan fingerprint density at radius 2 is 1.64 bits per heavy atom. The summed E-state index contributed by atoms with van der Waals surface area (Å²) in [5.74, 6) is 0.552. The summed E-state index contributed by atoms with van der Waals surface area (Å²) >= 11 is 0. The van der Waals surface area contributed by atoms with Gasteiger partial charge in [-0.15, -0.1) is 0 Å². The molecule has 0 amide bonds. The lowest BCUT2D eigenvalue weighted by Crippen LogP contribution is -2.23. The zero-order chi connectivity index (χ0) is 19.6. The molecule has 0 bridgehead atoms. The fourth-order valence-corrected chi connectivity index (χ4v) is 4.81. The summed E-state index contributed by atoms with van der Waals surface area (Å²) in [6, 6.07) is 16.4. The van der Waals surface area contributed by atoms with Crippen LogP contribution in [0.2, 0.25) is 0 Å². The van der Waals surface area contributed by atoms with E-state index in [1.807, 2.05) is 37.3 Å². The van der Waals surface area contributed by atoms with E-state index in [1.54, 1.807) is 24.3 Å². The number of aromatic nitrogens is 1. The van der Waals surface area contributed by atoms with Gasteiger partial charge in [-0.05, 0) is 44.0 Å². The first-order valence-electron chi connectivity index (χ1n) is 9.68. The van der Waals surface area contributed by atoms with Crippen molar-refractivity contribution in [2.75, 3.05) is 5.32 Å². The van der Waals surface area contributed by atoms with Crippen LogP contribution >= 0.6 is 0 Å². The van der Waals surface area contributed by atoms with Crippen molar-refractivity contribution in [1.29, 1.82) is 0 Å². The molecular weight excluding hydrogens is 372 g/mol. The van der Waals surface area contributed by atoms with Gasteiger partial charge in [-0.3, -0.25) is 0 Å². The molecule has 1 N–H and O–H groups in total. The number of hydrogen-bond acceptors (Lipinski definition) is 5. The second-order valence-corrected chi connectivity index (χ2v) is 9.18. The van der Waals surface area contributed by atoms with Gasteiger partial charge in [-0.25, -0.2) is 8.42 Å². The molecule has 1 aliphatic carbocycles. The van der Waals surface area contributed by atoms with Crippen molar-refractivity contribution in [2.24, 2.45) is 0 Å². The van der Waals surface area contributed by atoms with E-state index in [2.05, 4.69) is 10.3 Å². The molecule has 0 spiro atoms. The van der Waals surface area contributed by atoms with Crippen LogP contribution in [-0.4, -0.2) is 19.4 Å². The average molecular weight is 397 g/mol. The molecule has 0 atom stereocenters. The van der Waals surface area contributed by atoms with Gasteiger partial charge in [0.2, 0.25) is 26.6 Å². The number of hydrogen-bond donors (Lipinski definition) is 1. The van der Waals surface area contributed by atoms with E-state index in [1.165, 1.54) is 6.42 Å². The Bertz CT molecular complexity index is 1040. The van der Waals surface area contributed by atoms with Gasteiger partial charge < -0.3 is 9.73 Å². The average Bonchev–Trinajstić information content (AvgIpc) is 3.14. The smallest absolute Gasteiger partial charge is 0.234 e. The van der Waals surface area contributed by atoms with Gasteiger partial charge in [0.05, 0.1) is 4.90 Å². The molecular formula is C22H24N2O3S. The van der Waals surface area contributed by atoms with Crippen molar-refractivity contribution >= 4 is 15.7 Å². The molecule has 6 heteroatoms. The molecule has 5 nitrogen and oxygen atoms in total. The summed E-state index contributed by atoms with van der Waals surface area (Å²) in [7, 11) is -3.79. The summed E-state index contributed by atoms with van der Waals surface area (Å²) in [6.45, 7) is 1.93. The lowest BCUT2D eigenvalue weighted by Gasteiger charge is -2.22. The molecule has 146 valence electrons. The van der Waals surface area contributed by atoms with Crippen molar-refractivity contribution in [2.45, 2.75) is 55.0 Å². The number of sulfone groups is 1. The topological polar surface area (TPSA) is 72.2 Å². The van der Waals surface area contributed by atoms with Gasteiger partial charge in [0.25, 0.3) is 0 Å². The third-order valence-corrected chi connectivity index (χ3v) is 6.82. The number of aryl methyl sites for hydroxylation is 1. The standard InChI is InChI=1S/C22H24N2O3S/c1-16-12-14-19(15-13-16)28(25,26)22-21(23-18-10-6-3-7-11-18)27-20(24-22)17-8-4-2-5-9-17/h2,4-5,8-9,12-15,18,23H,3,6-7,10-11H2,1H3. The minimum absolute atomic E-state index is 0.0409. The molecule has 0 saturated heterocycles. The molecule has 2 aromatic carbocycles. The highest BCUT2D eigenvalue weighted by molar-refractivity contribution is 7.91. The molecule has 1 heterocycles. The van der Waals surface area contributed by atoms with Crippen LogP contribution in [0.5, 0.6) is 0 Å². The highest BCUT2D eigenvalue weighted by atomic mass is 32.2. The fraction of sp³-hybridized carbons (Fsp3) is 0.318. The molecule has 0 aliphatic heterocycles. The van der Waals surface area contributed by atoms with Crippen LogP contribution in [0, 0.1) is 6.92 Å². The summed E-state index contributed by atoms with van der Waals surface area (Å²) in [6.07, 6.45) is 5.50. The number of anilines is 1. The van der Waals surface area contributed by atoms with Crippen LogP contribution in [0.15, 0.2) is 68.9 Å². The summed E-state index contributed by atoms with van der Waals surface area (Å²) in [5, 5.41) is 3.28. The number of benzene rings is 2. The van der Waals surface area contributed by atoms with Crippen LogP contribution in [0.25, 0.3) is 11.5 Å². The largest absolute Gasteiger partial charge is 0.419 e. The van der Waals surface area contributed by atoms with Crippen molar-refractivity contribution in [3.63, 3.8) is 0 Å². The van der Waals surface area contributed by atoms with E-state index in [9.17, 15) is 8.42 Å². The lowest BCUT2D eigenvalue weighted by atomic mass is 9.96. The van der Waals surface area contributed by atoms with Crippen molar-refractivity contribution in [1.82, 2.24) is 4.98 Å². The van der Waals surface area contributed by atoms with Gasteiger partial charge in [-0.2, -0.15) is 4.98 Å². The molecule has 1 fully saturated rings. The maximum Gasteiger partial charge on any atom is 0.234 e. The summed E-state index contributed by atoms with van der Waals surface area (Å²) < 4.78 is 32.5. The van der Waals surface area contributed by atoms with Crippen molar-refractivity contribution in [3.8, 4) is 11.5 Å². The minimum Gasteiger partial charge on any atom is -0.419 e. The Morgan fingerprint density at radius 1 is 0.964 bits per heavy atom. The second-order valence-electron chi connectivity index (χ2n) is 7.32. The zero-order valence-electron chi connectivity index (χ0n) is 15.9. The van der Waals surface area contributed by atoms with Gasteiger partial charge >= 0.3 is 0 Å². The van der Waals surface area contributed by atoms with Gasteiger partial charge in [-0.1, -0.05) is 55.2 Å². The monoisotopic (exact) mass is 396 g/mol. The number of oxazole rings is 1. The Kier molecular flexibility index (Phi) is 5.22. The molecule has 0 unspecified atom stereocenters. The van der Waals surface area contributed by atoms with Crippen LogP contribution < -0.4 is 5.32 Å². The highest BCUT2D eigenvalue weighted by Gasteiger charge is 2.30. The van der Waals surface area contributed by atoms with E-state index in [0.29, 0.717) is 5.89 Å². The normalized spacial score (nSPS) is 15.5. The second kappa shape index (κ2) is 7.80. The predicted octanol–water partition coefficient (Wildman–Crippen LogP) is 5.23. The SMILES string of the molecule is Cc1ccc(S(=O)(=O)c2nc(-c3ccccc3)oc2NC2CCCCC2)cc1. The fourth-order valence-electron chi connectivity index (χ4n) is 3.55. The maximum atomic E-state index is 13.3. The van der Waals surface area contributed by atoms with Gasteiger partial charge in [0.1, 0.15) is 0 Å². The summed E-state index contributed by atoms with van der Waals surface area (Å²) in [4.78, 5) is 4.62. The molecule has 4 rings (SSSR count). The highest BCUT2D eigenvalue weighted by Crippen LogP contribution is 2.34. The number of nitrogens with one attached hydrogen (secondary N) is 1. The van der Waals surface area contributed by atoms with Crippen molar-refractivity contribution < 1.29 is 12.8 Å². The third-order valence-electron chi connectivity index (χ3n) is 5.14. The maximum absolute atomic E-state index is 13.3. The molecule has 1 aliphatic rings.